The second kappa shape index (κ2) is 6.08. The van der Waals surface area contributed by atoms with E-state index in [-0.39, 0.29) is 17.1 Å². The van der Waals surface area contributed by atoms with E-state index in [0.717, 1.165) is 6.42 Å². The monoisotopic (exact) mass is 289 g/mol. The number of phenols is 1. The predicted octanol–water partition coefficient (Wildman–Crippen LogP) is 2.76. The van der Waals surface area contributed by atoms with Gasteiger partial charge in [0.1, 0.15) is 11.4 Å². The summed E-state index contributed by atoms with van der Waals surface area (Å²) in [6.07, 6.45) is 2.10. The van der Waals surface area contributed by atoms with Crippen LogP contribution < -0.4 is 5.32 Å². The number of hydrogen-bond acceptors (Lipinski definition) is 4. The average molecular weight is 289 g/mol. The normalized spacial score (nSPS) is 10.3. The van der Waals surface area contributed by atoms with Gasteiger partial charge in [-0.25, -0.2) is 0 Å². The molecule has 2 N–H and O–H groups in total. The number of carbonyl (C=O) groups is 1. The van der Waals surface area contributed by atoms with Crippen LogP contribution in [0.25, 0.3) is 0 Å². The zero-order valence-corrected chi connectivity index (χ0v) is 11.4. The van der Waals surface area contributed by atoms with Crippen molar-refractivity contribution in [1.29, 1.82) is 0 Å². The lowest BCUT2D eigenvalue weighted by molar-refractivity contribution is -0.384. The molecule has 0 aliphatic rings. The molecule has 1 heterocycles. The number of nitrogens with zero attached hydrogens (tertiary/aromatic N) is 2. The van der Waals surface area contributed by atoms with Crippen LogP contribution in [-0.2, 0) is 6.54 Å². The zero-order valence-electron chi connectivity index (χ0n) is 11.4. The number of nitrogens with one attached hydrogen (secondary N) is 1. The Labute approximate surface area is 121 Å². The second-order valence-corrected chi connectivity index (χ2v) is 4.54. The molecule has 7 nitrogen and oxygen atoms in total. The minimum atomic E-state index is -0.530. The average Bonchev–Trinajstić information content (AvgIpc) is 2.83. The topological polar surface area (TPSA) is 97.4 Å². The molecule has 0 aliphatic heterocycles. The van der Waals surface area contributed by atoms with Crippen molar-refractivity contribution in [3.05, 3.63) is 52.3 Å². The number of benzene rings is 1. The van der Waals surface area contributed by atoms with Gasteiger partial charge in [-0.05, 0) is 18.6 Å². The largest absolute Gasteiger partial charge is 0.508 e. The summed E-state index contributed by atoms with van der Waals surface area (Å²) < 4.78 is 1.55. The van der Waals surface area contributed by atoms with Gasteiger partial charge in [0.2, 0.25) is 0 Å². The fraction of sp³-hybridized carbons (Fsp3) is 0.214. The smallest absolute Gasteiger partial charge is 0.287 e. The maximum atomic E-state index is 12.2. The molecule has 0 atom stereocenters. The van der Waals surface area contributed by atoms with Crippen molar-refractivity contribution in [1.82, 2.24) is 4.57 Å². The maximum Gasteiger partial charge on any atom is 0.287 e. The predicted molar refractivity (Wildman–Crippen MR) is 77.4 cm³/mol. The molecule has 0 fully saturated rings. The van der Waals surface area contributed by atoms with Gasteiger partial charge in [0.25, 0.3) is 11.6 Å². The molecule has 0 saturated heterocycles. The van der Waals surface area contributed by atoms with Crippen LogP contribution in [0.4, 0.5) is 11.4 Å². The molecule has 0 saturated carbocycles. The Balaban J connectivity index is 2.27. The summed E-state index contributed by atoms with van der Waals surface area (Å²) in [7, 11) is 0. The van der Waals surface area contributed by atoms with Crippen LogP contribution in [0.1, 0.15) is 23.8 Å². The minimum Gasteiger partial charge on any atom is -0.508 e. The third kappa shape index (κ3) is 3.38. The number of carbonyl (C=O) groups excluding carboxylic acids is 1. The van der Waals surface area contributed by atoms with Gasteiger partial charge in [-0.1, -0.05) is 13.0 Å². The Bertz CT molecular complexity index is 679. The number of rotatable bonds is 5. The van der Waals surface area contributed by atoms with Gasteiger partial charge in [-0.3, -0.25) is 14.9 Å². The molecule has 0 unspecified atom stereocenters. The molecule has 110 valence electrons. The first-order valence-electron chi connectivity index (χ1n) is 6.46. The van der Waals surface area contributed by atoms with Crippen LogP contribution in [0.3, 0.4) is 0 Å². The standard InChI is InChI=1S/C14H15N3O4/c1-2-6-16-9-11(17(20)21)8-13(16)14(19)15-10-4-3-5-12(18)7-10/h3-5,7-9,18H,2,6H2,1H3,(H,15,19). The summed E-state index contributed by atoms with van der Waals surface area (Å²) >= 11 is 0. The highest BCUT2D eigenvalue weighted by Crippen LogP contribution is 2.20. The Kier molecular flexibility index (Phi) is 4.22. The fourth-order valence-electron chi connectivity index (χ4n) is 1.99. The molecule has 0 spiro atoms. The lowest BCUT2D eigenvalue weighted by atomic mass is 10.3. The van der Waals surface area contributed by atoms with Crippen LogP contribution in [0.5, 0.6) is 5.75 Å². The lowest BCUT2D eigenvalue weighted by Crippen LogP contribution is -2.16. The van der Waals surface area contributed by atoms with E-state index in [0.29, 0.717) is 12.2 Å². The van der Waals surface area contributed by atoms with Crippen LogP contribution >= 0.6 is 0 Å². The number of anilines is 1. The van der Waals surface area contributed by atoms with E-state index in [1.807, 2.05) is 6.92 Å². The Morgan fingerprint density at radius 3 is 2.81 bits per heavy atom. The van der Waals surface area contributed by atoms with Gasteiger partial charge >= 0.3 is 0 Å². The number of aromatic nitrogens is 1. The molecular weight excluding hydrogens is 274 g/mol. The third-order valence-electron chi connectivity index (χ3n) is 2.89. The number of aromatic hydroxyl groups is 1. The molecule has 2 rings (SSSR count). The van der Waals surface area contributed by atoms with Crippen molar-refractivity contribution < 1.29 is 14.8 Å². The van der Waals surface area contributed by atoms with Crippen molar-refractivity contribution in [2.45, 2.75) is 19.9 Å². The highest BCUT2D eigenvalue weighted by molar-refractivity contribution is 6.03. The Morgan fingerprint density at radius 2 is 2.19 bits per heavy atom. The van der Waals surface area contributed by atoms with Gasteiger partial charge in [-0.2, -0.15) is 0 Å². The van der Waals surface area contributed by atoms with E-state index in [2.05, 4.69) is 5.32 Å². The van der Waals surface area contributed by atoms with Crippen LogP contribution in [0.2, 0.25) is 0 Å². The van der Waals surface area contributed by atoms with Gasteiger partial charge < -0.3 is 15.0 Å². The van der Waals surface area contributed by atoms with Crippen molar-refractivity contribution in [2.75, 3.05) is 5.32 Å². The highest BCUT2D eigenvalue weighted by Gasteiger charge is 2.19. The minimum absolute atomic E-state index is 0.0303. The molecule has 21 heavy (non-hydrogen) atoms. The summed E-state index contributed by atoms with van der Waals surface area (Å²) in [4.78, 5) is 22.5. The van der Waals surface area contributed by atoms with Crippen LogP contribution in [0.15, 0.2) is 36.5 Å². The molecule has 0 aliphatic carbocycles. The summed E-state index contributed by atoms with van der Waals surface area (Å²) in [5.74, 6) is -0.426. The lowest BCUT2D eigenvalue weighted by Gasteiger charge is -2.08. The third-order valence-corrected chi connectivity index (χ3v) is 2.89. The van der Waals surface area contributed by atoms with E-state index in [1.54, 1.807) is 16.7 Å². The summed E-state index contributed by atoms with van der Waals surface area (Å²) in [5.41, 5.74) is 0.517. The first-order valence-corrected chi connectivity index (χ1v) is 6.46. The maximum absolute atomic E-state index is 12.2. The quantitative estimate of drug-likeness (QED) is 0.653. The number of aryl methyl sites for hydroxylation is 1. The van der Waals surface area contributed by atoms with E-state index in [9.17, 15) is 20.0 Å². The number of hydrogen-bond donors (Lipinski definition) is 2. The molecule has 1 amide bonds. The van der Waals surface area contributed by atoms with Gasteiger partial charge in [0.05, 0.1) is 11.1 Å². The molecule has 1 aromatic carbocycles. The van der Waals surface area contributed by atoms with Gasteiger partial charge in [0.15, 0.2) is 0 Å². The van der Waals surface area contributed by atoms with Crippen LogP contribution in [-0.4, -0.2) is 20.5 Å². The molecule has 1 aromatic heterocycles. The van der Waals surface area contributed by atoms with Crippen LogP contribution in [0, 0.1) is 10.1 Å². The van der Waals surface area contributed by atoms with Crippen molar-refractivity contribution in [3.63, 3.8) is 0 Å². The summed E-state index contributed by atoms with van der Waals surface area (Å²) in [5, 5.41) is 22.8. The summed E-state index contributed by atoms with van der Waals surface area (Å²) in [6, 6.07) is 7.35. The highest BCUT2D eigenvalue weighted by atomic mass is 16.6. The molecule has 2 aromatic rings. The van der Waals surface area contributed by atoms with Crippen molar-refractivity contribution >= 4 is 17.3 Å². The summed E-state index contributed by atoms with van der Waals surface area (Å²) in [6.45, 7) is 2.43. The number of phenolic OH excluding ortho intramolecular Hbond substituents is 1. The van der Waals surface area contributed by atoms with E-state index in [4.69, 9.17) is 0 Å². The molecule has 0 bridgehead atoms. The first kappa shape index (κ1) is 14.6. The SMILES string of the molecule is CCCn1cc([N+](=O)[O-])cc1C(=O)Nc1cccc(O)c1. The first-order chi connectivity index (χ1) is 10.0. The fourth-order valence-corrected chi connectivity index (χ4v) is 1.99. The molecular formula is C14H15N3O4. The van der Waals surface area contributed by atoms with Crippen molar-refractivity contribution in [3.8, 4) is 5.75 Å². The number of nitro groups is 1. The zero-order chi connectivity index (χ0) is 15.4. The van der Waals surface area contributed by atoms with Gasteiger partial charge in [0, 0.05) is 24.4 Å². The van der Waals surface area contributed by atoms with E-state index < -0.39 is 10.8 Å². The van der Waals surface area contributed by atoms with Crippen molar-refractivity contribution in [2.24, 2.45) is 0 Å². The second-order valence-electron chi connectivity index (χ2n) is 4.54. The molecule has 7 heteroatoms. The van der Waals surface area contributed by atoms with E-state index in [1.165, 1.54) is 24.4 Å². The Hall–Kier alpha value is -2.83. The van der Waals surface area contributed by atoms with Gasteiger partial charge in [-0.15, -0.1) is 0 Å². The molecule has 0 radical (unpaired) electrons. The van der Waals surface area contributed by atoms with E-state index >= 15 is 0 Å². The number of amides is 1. The Morgan fingerprint density at radius 1 is 1.43 bits per heavy atom.